The Morgan fingerprint density at radius 1 is 1.27 bits per heavy atom. The van der Waals surface area contributed by atoms with E-state index in [4.69, 9.17) is 0 Å². The third kappa shape index (κ3) is 1.20. The average molecular weight is 153 g/mol. The molecule has 2 aliphatic carbocycles. The van der Waals surface area contributed by atoms with Gasteiger partial charge in [-0.1, -0.05) is 19.8 Å². The SMILES string of the molecule is CN[C@H]1CC12CCC(C)CC2. The quantitative estimate of drug-likeness (QED) is 0.609. The van der Waals surface area contributed by atoms with Gasteiger partial charge in [-0.25, -0.2) is 0 Å². The standard InChI is InChI=1S/C10H19N/c1-8-3-5-10(6-4-8)7-9(10)11-2/h8-9,11H,3-7H2,1-2H3/t8?,9-,10?/m0/s1. The minimum absolute atomic E-state index is 0.765. The predicted octanol–water partition coefficient (Wildman–Crippen LogP) is 2.17. The smallest absolute Gasteiger partial charge is 0.0127 e. The normalized spacial score (nSPS) is 49.6. The summed E-state index contributed by atoms with van der Waals surface area (Å²) in [6.07, 6.45) is 7.37. The van der Waals surface area contributed by atoms with Gasteiger partial charge in [0.05, 0.1) is 0 Å². The molecule has 11 heavy (non-hydrogen) atoms. The highest BCUT2D eigenvalue weighted by Crippen LogP contribution is 2.56. The van der Waals surface area contributed by atoms with Crippen molar-refractivity contribution < 1.29 is 0 Å². The molecule has 0 unspecified atom stereocenters. The van der Waals surface area contributed by atoms with Crippen molar-refractivity contribution >= 4 is 0 Å². The molecule has 1 spiro atoms. The number of rotatable bonds is 1. The molecule has 2 rings (SSSR count). The molecule has 1 N–H and O–H groups in total. The first-order valence-electron chi connectivity index (χ1n) is 4.94. The van der Waals surface area contributed by atoms with E-state index in [0.717, 1.165) is 17.4 Å². The minimum atomic E-state index is 0.765. The van der Waals surface area contributed by atoms with Crippen LogP contribution in [0.25, 0.3) is 0 Å². The molecule has 2 aliphatic rings. The molecule has 0 saturated heterocycles. The Kier molecular flexibility index (Phi) is 1.71. The first kappa shape index (κ1) is 7.60. The maximum atomic E-state index is 3.41. The lowest BCUT2D eigenvalue weighted by molar-refractivity contribution is 0.258. The van der Waals surface area contributed by atoms with Crippen molar-refractivity contribution in [3.63, 3.8) is 0 Å². The highest BCUT2D eigenvalue weighted by molar-refractivity contribution is 5.08. The van der Waals surface area contributed by atoms with Gasteiger partial charge in [0.25, 0.3) is 0 Å². The largest absolute Gasteiger partial charge is 0.316 e. The van der Waals surface area contributed by atoms with Crippen LogP contribution in [0.1, 0.15) is 39.0 Å². The number of nitrogens with one attached hydrogen (secondary N) is 1. The van der Waals surface area contributed by atoms with Gasteiger partial charge in [0.1, 0.15) is 0 Å². The topological polar surface area (TPSA) is 12.0 Å². The maximum absolute atomic E-state index is 3.41. The van der Waals surface area contributed by atoms with Crippen LogP contribution in [-0.2, 0) is 0 Å². The van der Waals surface area contributed by atoms with E-state index in [-0.39, 0.29) is 0 Å². The Labute approximate surface area is 69.6 Å². The Morgan fingerprint density at radius 2 is 1.91 bits per heavy atom. The van der Waals surface area contributed by atoms with Crippen molar-refractivity contribution in [1.82, 2.24) is 5.32 Å². The Balaban J connectivity index is 1.89. The maximum Gasteiger partial charge on any atom is 0.0127 e. The third-order valence-electron chi connectivity index (χ3n) is 3.81. The first-order valence-corrected chi connectivity index (χ1v) is 4.94. The van der Waals surface area contributed by atoms with E-state index in [1.807, 2.05) is 0 Å². The second kappa shape index (κ2) is 2.48. The van der Waals surface area contributed by atoms with Crippen LogP contribution < -0.4 is 5.32 Å². The fourth-order valence-corrected chi connectivity index (χ4v) is 2.65. The summed E-state index contributed by atoms with van der Waals surface area (Å²) in [6.45, 7) is 2.39. The van der Waals surface area contributed by atoms with Crippen LogP contribution in [0.4, 0.5) is 0 Å². The molecular formula is C10H19N. The lowest BCUT2D eigenvalue weighted by Crippen LogP contribution is -2.23. The Morgan fingerprint density at radius 3 is 2.36 bits per heavy atom. The molecule has 64 valence electrons. The number of hydrogen-bond acceptors (Lipinski definition) is 1. The summed E-state index contributed by atoms with van der Waals surface area (Å²) in [5.74, 6) is 0.999. The second-order valence-electron chi connectivity index (χ2n) is 4.59. The van der Waals surface area contributed by atoms with Gasteiger partial charge in [-0.3, -0.25) is 0 Å². The van der Waals surface area contributed by atoms with Crippen LogP contribution in [0.15, 0.2) is 0 Å². The summed E-state index contributed by atoms with van der Waals surface area (Å²) in [4.78, 5) is 0. The van der Waals surface area contributed by atoms with Crippen molar-refractivity contribution in [1.29, 1.82) is 0 Å². The van der Waals surface area contributed by atoms with E-state index in [1.54, 1.807) is 0 Å². The minimum Gasteiger partial charge on any atom is -0.316 e. The zero-order valence-electron chi connectivity index (χ0n) is 7.69. The van der Waals surface area contributed by atoms with Gasteiger partial charge in [0, 0.05) is 6.04 Å². The summed E-state index contributed by atoms with van der Waals surface area (Å²) >= 11 is 0. The molecule has 0 aromatic carbocycles. The Hall–Kier alpha value is -0.0400. The zero-order chi connectivity index (χ0) is 7.90. The van der Waals surface area contributed by atoms with Gasteiger partial charge in [-0.05, 0) is 37.6 Å². The molecule has 0 aromatic heterocycles. The molecule has 2 saturated carbocycles. The van der Waals surface area contributed by atoms with E-state index in [0.29, 0.717) is 0 Å². The monoisotopic (exact) mass is 153 g/mol. The molecule has 0 aromatic rings. The molecular weight excluding hydrogens is 134 g/mol. The zero-order valence-corrected chi connectivity index (χ0v) is 7.69. The van der Waals surface area contributed by atoms with E-state index in [9.17, 15) is 0 Å². The molecule has 1 atom stereocenters. The average Bonchev–Trinajstić information content (AvgIpc) is 2.71. The van der Waals surface area contributed by atoms with Crippen LogP contribution in [-0.4, -0.2) is 13.1 Å². The molecule has 0 amide bonds. The Bertz CT molecular complexity index is 145. The van der Waals surface area contributed by atoms with Crippen LogP contribution in [0.5, 0.6) is 0 Å². The highest BCUT2D eigenvalue weighted by Gasteiger charge is 2.53. The molecule has 0 heterocycles. The summed E-state index contributed by atoms with van der Waals surface area (Å²) in [5.41, 5.74) is 0.765. The highest BCUT2D eigenvalue weighted by atomic mass is 15.0. The van der Waals surface area contributed by atoms with Gasteiger partial charge < -0.3 is 5.32 Å². The summed E-state index contributed by atoms with van der Waals surface area (Å²) in [7, 11) is 2.11. The summed E-state index contributed by atoms with van der Waals surface area (Å²) < 4.78 is 0. The molecule has 0 aliphatic heterocycles. The van der Waals surface area contributed by atoms with E-state index >= 15 is 0 Å². The van der Waals surface area contributed by atoms with Gasteiger partial charge in [0.15, 0.2) is 0 Å². The lowest BCUT2D eigenvalue weighted by Gasteiger charge is -2.26. The predicted molar refractivity (Wildman–Crippen MR) is 47.5 cm³/mol. The van der Waals surface area contributed by atoms with Crippen molar-refractivity contribution in [3.05, 3.63) is 0 Å². The van der Waals surface area contributed by atoms with Crippen molar-refractivity contribution in [2.24, 2.45) is 11.3 Å². The van der Waals surface area contributed by atoms with Gasteiger partial charge in [-0.2, -0.15) is 0 Å². The second-order valence-corrected chi connectivity index (χ2v) is 4.59. The van der Waals surface area contributed by atoms with Gasteiger partial charge in [0.2, 0.25) is 0 Å². The molecule has 0 bridgehead atoms. The van der Waals surface area contributed by atoms with Crippen molar-refractivity contribution in [3.8, 4) is 0 Å². The molecule has 1 nitrogen and oxygen atoms in total. The first-order chi connectivity index (χ1) is 5.27. The number of hydrogen-bond donors (Lipinski definition) is 1. The van der Waals surface area contributed by atoms with E-state index in [2.05, 4.69) is 19.3 Å². The van der Waals surface area contributed by atoms with Gasteiger partial charge >= 0.3 is 0 Å². The van der Waals surface area contributed by atoms with Crippen molar-refractivity contribution in [2.45, 2.75) is 45.1 Å². The summed E-state index contributed by atoms with van der Waals surface area (Å²) in [6, 6.07) is 0.870. The molecule has 1 heteroatoms. The fraction of sp³-hybridized carbons (Fsp3) is 1.00. The fourth-order valence-electron chi connectivity index (χ4n) is 2.65. The van der Waals surface area contributed by atoms with E-state index < -0.39 is 0 Å². The van der Waals surface area contributed by atoms with Crippen molar-refractivity contribution in [2.75, 3.05) is 7.05 Å². The molecule has 0 radical (unpaired) electrons. The summed E-state index contributed by atoms with van der Waals surface area (Å²) in [5, 5.41) is 3.41. The third-order valence-corrected chi connectivity index (χ3v) is 3.81. The van der Waals surface area contributed by atoms with Crippen LogP contribution in [0.2, 0.25) is 0 Å². The van der Waals surface area contributed by atoms with E-state index in [1.165, 1.54) is 32.1 Å². The lowest BCUT2D eigenvalue weighted by atomic mass is 9.80. The van der Waals surface area contributed by atoms with Crippen LogP contribution in [0, 0.1) is 11.3 Å². The van der Waals surface area contributed by atoms with Gasteiger partial charge in [-0.15, -0.1) is 0 Å². The molecule has 2 fully saturated rings. The van der Waals surface area contributed by atoms with Crippen LogP contribution in [0.3, 0.4) is 0 Å². The van der Waals surface area contributed by atoms with Crippen LogP contribution >= 0.6 is 0 Å².